The van der Waals surface area contributed by atoms with Gasteiger partial charge in [0.15, 0.2) is 0 Å². The Morgan fingerprint density at radius 2 is 2.00 bits per heavy atom. The molecule has 0 bridgehead atoms. The van der Waals surface area contributed by atoms with Crippen molar-refractivity contribution in [3.63, 3.8) is 0 Å². The molecule has 0 aliphatic carbocycles. The number of carbonyl (C=O) groups is 1. The normalized spacial score (nSPS) is 14.6. The molecule has 1 heteroatoms. The smallest absolute Gasteiger partial charge is 0.126 e. The predicted molar refractivity (Wildman–Crippen MR) is 53.0 cm³/mol. The molecule has 0 N–H and O–H groups in total. The fraction of sp³-hybridized carbons (Fsp3) is 0.545. The van der Waals surface area contributed by atoms with Crippen LogP contribution in [0.2, 0.25) is 0 Å². The van der Waals surface area contributed by atoms with Crippen LogP contribution in [0.1, 0.15) is 33.6 Å². The van der Waals surface area contributed by atoms with Gasteiger partial charge in [0.25, 0.3) is 0 Å². The number of hydrogen-bond donors (Lipinski definition) is 0. The van der Waals surface area contributed by atoms with E-state index >= 15 is 0 Å². The minimum atomic E-state index is -0.251. The van der Waals surface area contributed by atoms with Gasteiger partial charge in [0.1, 0.15) is 6.29 Å². The summed E-state index contributed by atoms with van der Waals surface area (Å²) in [6.07, 6.45) is 6.48. The van der Waals surface area contributed by atoms with Gasteiger partial charge in [-0.3, -0.25) is 0 Å². The molecule has 0 unspecified atom stereocenters. The van der Waals surface area contributed by atoms with Gasteiger partial charge in [-0.2, -0.15) is 0 Å². The number of rotatable bonds is 5. The topological polar surface area (TPSA) is 17.1 Å². The number of carbonyl (C=O) groups excluding carboxylic acids is 1. The molecule has 0 aliphatic heterocycles. The third-order valence-corrected chi connectivity index (χ3v) is 1.87. The molecular weight excluding hydrogens is 148 g/mol. The van der Waals surface area contributed by atoms with Crippen molar-refractivity contribution in [2.24, 2.45) is 5.41 Å². The summed E-state index contributed by atoms with van der Waals surface area (Å²) in [5, 5.41) is 0. The van der Waals surface area contributed by atoms with Crippen LogP contribution in [0.25, 0.3) is 0 Å². The summed E-state index contributed by atoms with van der Waals surface area (Å²) in [7, 11) is 0. The number of allylic oxidation sites excluding steroid dienone is 3. The highest BCUT2D eigenvalue weighted by Crippen LogP contribution is 2.24. The summed E-state index contributed by atoms with van der Waals surface area (Å²) in [5.41, 5.74) is 1.01. The summed E-state index contributed by atoms with van der Waals surface area (Å²) in [6, 6.07) is 0. The van der Waals surface area contributed by atoms with E-state index in [0.717, 1.165) is 19.1 Å². The Morgan fingerprint density at radius 3 is 2.33 bits per heavy atom. The fourth-order valence-corrected chi connectivity index (χ4v) is 0.947. The van der Waals surface area contributed by atoms with Gasteiger partial charge in [0.2, 0.25) is 0 Å². The van der Waals surface area contributed by atoms with E-state index in [-0.39, 0.29) is 5.41 Å². The van der Waals surface area contributed by atoms with E-state index in [2.05, 4.69) is 12.7 Å². The first-order valence-electron chi connectivity index (χ1n) is 4.24. The molecule has 0 saturated heterocycles. The lowest BCUT2D eigenvalue weighted by atomic mass is 9.84. The molecule has 0 rings (SSSR count). The lowest BCUT2D eigenvalue weighted by molar-refractivity contribution is -0.115. The molecule has 0 fully saturated rings. The van der Waals surface area contributed by atoms with Gasteiger partial charge in [0.05, 0.1) is 0 Å². The number of hydrogen-bond acceptors (Lipinski definition) is 1. The Hall–Kier alpha value is -0.850. The Bertz CT molecular complexity index is 187. The summed E-state index contributed by atoms with van der Waals surface area (Å²) < 4.78 is 0. The molecule has 0 aromatic carbocycles. The average Bonchev–Trinajstić information content (AvgIpc) is 2.02. The molecule has 1 atom stereocenters. The highest BCUT2D eigenvalue weighted by atomic mass is 16.1. The Kier molecular flexibility index (Phi) is 4.57. The quantitative estimate of drug-likeness (QED) is 0.453. The zero-order valence-electron chi connectivity index (χ0n) is 8.26. The molecule has 68 valence electrons. The standard InChI is InChI=1S/C11H18O/c1-5-7-11(4,9-12)8-6-10(2)3/h5-6,9H,1,7-8H2,2-4H3/t11-/m1/s1. The van der Waals surface area contributed by atoms with Crippen LogP contribution >= 0.6 is 0 Å². The first kappa shape index (κ1) is 11.2. The molecule has 0 saturated carbocycles. The van der Waals surface area contributed by atoms with Crippen LogP contribution in [0.4, 0.5) is 0 Å². The zero-order valence-corrected chi connectivity index (χ0v) is 8.26. The second-order valence-electron chi connectivity index (χ2n) is 3.75. The van der Waals surface area contributed by atoms with Crippen molar-refractivity contribution in [3.05, 3.63) is 24.3 Å². The molecule has 0 heterocycles. The van der Waals surface area contributed by atoms with Crippen molar-refractivity contribution in [3.8, 4) is 0 Å². The number of aldehydes is 1. The molecule has 0 aromatic heterocycles. The van der Waals surface area contributed by atoms with Crippen LogP contribution < -0.4 is 0 Å². The maximum atomic E-state index is 10.8. The minimum absolute atomic E-state index is 0.251. The molecule has 12 heavy (non-hydrogen) atoms. The van der Waals surface area contributed by atoms with E-state index in [1.54, 1.807) is 6.08 Å². The van der Waals surface area contributed by atoms with Crippen LogP contribution in [0.3, 0.4) is 0 Å². The van der Waals surface area contributed by atoms with Crippen LogP contribution in [-0.4, -0.2) is 6.29 Å². The van der Waals surface area contributed by atoms with Gasteiger partial charge in [0, 0.05) is 5.41 Å². The summed E-state index contributed by atoms with van der Waals surface area (Å²) in [5.74, 6) is 0. The Labute approximate surface area is 75.2 Å². The minimum Gasteiger partial charge on any atom is -0.303 e. The van der Waals surface area contributed by atoms with Crippen molar-refractivity contribution >= 4 is 6.29 Å². The summed E-state index contributed by atoms with van der Waals surface area (Å²) >= 11 is 0. The van der Waals surface area contributed by atoms with Crippen LogP contribution in [0.15, 0.2) is 24.3 Å². The predicted octanol–water partition coefficient (Wildman–Crippen LogP) is 3.12. The first-order chi connectivity index (χ1) is 5.54. The van der Waals surface area contributed by atoms with E-state index in [9.17, 15) is 4.79 Å². The third kappa shape index (κ3) is 4.12. The van der Waals surface area contributed by atoms with Crippen LogP contribution in [0.5, 0.6) is 0 Å². The van der Waals surface area contributed by atoms with Crippen molar-refractivity contribution in [1.29, 1.82) is 0 Å². The Morgan fingerprint density at radius 1 is 1.42 bits per heavy atom. The van der Waals surface area contributed by atoms with E-state index in [1.165, 1.54) is 5.57 Å². The van der Waals surface area contributed by atoms with Crippen molar-refractivity contribution in [2.75, 3.05) is 0 Å². The largest absolute Gasteiger partial charge is 0.303 e. The van der Waals surface area contributed by atoms with Gasteiger partial charge in [-0.05, 0) is 26.7 Å². The highest BCUT2D eigenvalue weighted by Gasteiger charge is 2.19. The maximum Gasteiger partial charge on any atom is 0.126 e. The van der Waals surface area contributed by atoms with Crippen LogP contribution in [-0.2, 0) is 4.79 Å². The molecular formula is C11H18O. The average molecular weight is 166 g/mol. The van der Waals surface area contributed by atoms with Crippen LogP contribution in [0, 0.1) is 5.41 Å². The SMILES string of the molecule is C=CC[C@@](C)(C=O)CC=C(C)C. The van der Waals surface area contributed by atoms with E-state index in [0.29, 0.717) is 0 Å². The summed E-state index contributed by atoms with van der Waals surface area (Å²) in [4.78, 5) is 10.8. The molecule has 0 radical (unpaired) electrons. The molecule has 0 aliphatic rings. The van der Waals surface area contributed by atoms with E-state index in [1.807, 2.05) is 20.8 Å². The van der Waals surface area contributed by atoms with Crippen molar-refractivity contribution < 1.29 is 4.79 Å². The molecule has 0 amide bonds. The van der Waals surface area contributed by atoms with Gasteiger partial charge in [-0.25, -0.2) is 0 Å². The van der Waals surface area contributed by atoms with Gasteiger partial charge in [-0.15, -0.1) is 6.58 Å². The van der Waals surface area contributed by atoms with E-state index < -0.39 is 0 Å². The van der Waals surface area contributed by atoms with Gasteiger partial charge in [-0.1, -0.05) is 24.6 Å². The molecule has 0 spiro atoms. The fourth-order valence-electron chi connectivity index (χ4n) is 0.947. The van der Waals surface area contributed by atoms with Crippen molar-refractivity contribution in [2.45, 2.75) is 33.6 Å². The second kappa shape index (κ2) is 4.91. The Balaban J connectivity index is 4.23. The molecule has 0 aromatic rings. The molecule has 1 nitrogen and oxygen atoms in total. The maximum absolute atomic E-state index is 10.8. The second-order valence-corrected chi connectivity index (χ2v) is 3.75. The third-order valence-electron chi connectivity index (χ3n) is 1.87. The van der Waals surface area contributed by atoms with Gasteiger partial charge < -0.3 is 4.79 Å². The monoisotopic (exact) mass is 166 g/mol. The lowest BCUT2D eigenvalue weighted by Crippen LogP contribution is -2.15. The van der Waals surface area contributed by atoms with E-state index in [4.69, 9.17) is 0 Å². The summed E-state index contributed by atoms with van der Waals surface area (Å²) in [6.45, 7) is 9.68. The van der Waals surface area contributed by atoms with Crippen molar-refractivity contribution in [1.82, 2.24) is 0 Å². The zero-order chi connectivity index (χ0) is 9.61. The highest BCUT2D eigenvalue weighted by molar-refractivity contribution is 5.59. The van der Waals surface area contributed by atoms with Gasteiger partial charge >= 0.3 is 0 Å². The first-order valence-corrected chi connectivity index (χ1v) is 4.24. The lowest BCUT2D eigenvalue weighted by Gasteiger charge is -2.18.